The van der Waals surface area contributed by atoms with Gasteiger partial charge in [0.05, 0.1) is 6.10 Å². The number of rotatable bonds is 5. The lowest BCUT2D eigenvalue weighted by atomic mass is 10.1. The number of unbranched alkanes of at least 4 members (excludes halogenated alkanes) is 1. The van der Waals surface area contributed by atoms with Crippen molar-refractivity contribution in [3.8, 4) is 0 Å². The molecule has 0 aliphatic carbocycles. The first-order valence-corrected chi connectivity index (χ1v) is 7.03. The van der Waals surface area contributed by atoms with Crippen molar-refractivity contribution in [2.24, 2.45) is 0 Å². The van der Waals surface area contributed by atoms with Crippen LogP contribution in [0.1, 0.15) is 38.4 Å². The van der Waals surface area contributed by atoms with Crippen molar-refractivity contribution < 1.29 is 5.11 Å². The molecule has 1 aromatic carbocycles. The fraction of sp³-hybridized carbons (Fsp3) is 0.500. The lowest BCUT2D eigenvalue weighted by molar-refractivity contribution is 0.199. The van der Waals surface area contributed by atoms with Crippen LogP contribution in [0.2, 0.25) is 0 Å². The molecule has 1 atom stereocenters. The van der Waals surface area contributed by atoms with E-state index in [1.165, 1.54) is 17.7 Å². The fourth-order valence-electron chi connectivity index (χ4n) is 1.22. The van der Waals surface area contributed by atoms with Gasteiger partial charge in [-0.25, -0.2) is 0 Å². The zero-order valence-electron chi connectivity index (χ0n) is 9.16. The molecule has 84 valence electrons. The summed E-state index contributed by atoms with van der Waals surface area (Å²) in [5.74, 6) is 1.16. The first kappa shape index (κ1) is 13.1. The number of benzene rings is 1. The van der Waals surface area contributed by atoms with Gasteiger partial charge in [0.15, 0.2) is 0 Å². The van der Waals surface area contributed by atoms with E-state index in [4.69, 9.17) is 0 Å². The van der Waals surface area contributed by atoms with Gasteiger partial charge in [0, 0.05) is 9.37 Å². The molecule has 0 unspecified atom stereocenters. The van der Waals surface area contributed by atoms with E-state index < -0.39 is 6.10 Å². The van der Waals surface area contributed by atoms with Crippen LogP contribution < -0.4 is 0 Å². The van der Waals surface area contributed by atoms with Crippen LogP contribution >= 0.6 is 27.7 Å². The highest BCUT2D eigenvalue weighted by molar-refractivity contribution is 9.10. The summed E-state index contributed by atoms with van der Waals surface area (Å²) in [4.78, 5) is 1.26. The molecular formula is C12H17BrOS. The molecule has 1 rings (SSSR count). The first-order chi connectivity index (χ1) is 7.15. The maximum atomic E-state index is 9.43. The summed E-state index contributed by atoms with van der Waals surface area (Å²) >= 11 is 5.40. The molecule has 3 heteroatoms. The molecule has 0 aromatic heterocycles. The predicted octanol–water partition coefficient (Wildman–Crippen LogP) is 4.39. The van der Waals surface area contributed by atoms with E-state index in [-0.39, 0.29) is 0 Å². The van der Waals surface area contributed by atoms with Crippen molar-refractivity contribution in [2.45, 2.75) is 37.7 Å². The smallest absolute Gasteiger partial charge is 0.0762 e. The van der Waals surface area contributed by atoms with Gasteiger partial charge in [0.1, 0.15) is 0 Å². The molecular weight excluding hydrogens is 272 g/mol. The normalized spacial score (nSPS) is 12.8. The maximum absolute atomic E-state index is 9.43. The molecule has 0 amide bonds. The van der Waals surface area contributed by atoms with Gasteiger partial charge in [0.25, 0.3) is 0 Å². The van der Waals surface area contributed by atoms with E-state index in [0.29, 0.717) is 0 Å². The second-order valence-electron chi connectivity index (χ2n) is 3.57. The second kappa shape index (κ2) is 6.56. The van der Waals surface area contributed by atoms with Gasteiger partial charge >= 0.3 is 0 Å². The Morgan fingerprint density at radius 3 is 2.73 bits per heavy atom. The highest BCUT2D eigenvalue weighted by Crippen LogP contribution is 2.30. The monoisotopic (exact) mass is 288 g/mol. The Balaban J connectivity index is 2.66. The van der Waals surface area contributed by atoms with Gasteiger partial charge < -0.3 is 5.11 Å². The van der Waals surface area contributed by atoms with Crippen LogP contribution in [-0.4, -0.2) is 10.9 Å². The molecule has 15 heavy (non-hydrogen) atoms. The molecule has 0 aliphatic heterocycles. The van der Waals surface area contributed by atoms with Crippen molar-refractivity contribution >= 4 is 27.7 Å². The minimum Gasteiger partial charge on any atom is -0.389 e. The Labute approximate surface area is 104 Å². The molecule has 0 heterocycles. The van der Waals surface area contributed by atoms with Crippen LogP contribution in [-0.2, 0) is 0 Å². The van der Waals surface area contributed by atoms with Crippen molar-refractivity contribution in [3.05, 3.63) is 28.2 Å². The predicted molar refractivity (Wildman–Crippen MR) is 70.4 cm³/mol. The van der Waals surface area contributed by atoms with Crippen LogP contribution in [0.4, 0.5) is 0 Å². The lowest BCUT2D eigenvalue weighted by Gasteiger charge is -2.08. The first-order valence-electron chi connectivity index (χ1n) is 5.25. The quantitative estimate of drug-likeness (QED) is 0.640. The third-order valence-electron chi connectivity index (χ3n) is 2.19. The molecule has 0 saturated carbocycles. The summed E-state index contributed by atoms with van der Waals surface area (Å²) < 4.78 is 1.09. The number of aliphatic hydroxyl groups excluding tert-OH is 1. The van der Waals surface area contributed by atoms with E-state index in [1.807, 2.05) is 23.9 Å². The third kappa shape index (κ3) is 4.17. The minimum absolute atomic E-state index is 0.393. The van der Waals surface area contributed by atoms with Crippen LogP contribution in [0.3, 0.4) is 0 Å². The molecule has 0 spiro atoms. The third-order valence-corrected chi connectivity index (χ3v) is 4.27. The molecule has 0 fully saturated rings. The summed E-state index contributed by atoms with van der Waals surface area (Å²) in [6.45, 7) is 3.98. The number of hydrogen-bond acceptors (Lipinski definition) is 2. The van der Waals surface area contributed by atoms with Gasteiger partial charge in [-0.05, 0) is 52.7 Å². The highest BCUT2D eigenvalue weighted by atomic mass is 79.9. The van der Waals surface area contributed by atoms with Crippen molar-refractivity contribution in [1.82, 2.24) is 0 Å². The van der Waals surface area contributed by atoms with Gasteiger partial charge in [-0.15, -0.1) is 11.8 Å². The summed E-state index contributed by atoms with van der Waals surface area (Å²) in [5, 5.41) is 9.43. The zero-order chi connectivity index (χ0) is 11.3. The summed E-state index contributed by atoms with van der Waals surface area (Å²) in [6, 6.07) is 6.06. The standard InChI is InChI=1S/C12H17BrOS/c1-3-4-7-15-12-6-5-10(9(2)14)8-11(12)13/h5-6,8-9,14H,3-4,7H2,1-2H3/t9-/m0/s1. The van der Waals surface area contributed by atoms with Gasteiger partial charge in [-0.2, -0.15) is 0 Å². The largest absolute Gasteiger partial charge is 0.389 e. The number of hydrogen-bond donors (Lipinski definition) is 1. The second-order valence-corrected chi connectivity index (χ2v) is 5.56. The number of thioether (sulfide) groups is 1. The van der Waals surface area contributed by atoms with E-state index in [0.717, 1.165) is 15.8 Å². The Morgan fingerprint density at radius 1 is 1.47 bits per heavy atom. The van der Waals surface area contributed by atoms with Crippen LogP contribution in [0.25, 0.3) is 0 Å². The average molecular weight is 289 g/mol. The van der Waals surface area contributed by atoms with Crippen LogP contribution in [0.5, 0.6) is 0 Å². The molecule has 0 saturated heterocycles. The summed E-state index contributed by atoms with van der Waals surface area (Å²) in [5.41, 5.74) is 0.960. The number of aliphatic hydroxyl groups is 1. The van der Waals surface area contributed by atoms with Crippen LogP contribution in [0, 0.1) is 0 Å². The molecule has 1 nitrogen and oxygen atoms in total. The van der Waals surface area contributed by atoms with E-state index >= 15 is 0 Å². The van der Waals surface area contributed by atoms with Gasteiger partial charge in [-0.3, -0.25) is 0 Å². The average Bonchev–Trinajstić information content (AvgIpc) is 2.20. The van der Waals surface area contributed by atoms with Crippen LogP contribution in [0.15, 0.2) is 27.6 Å². The van der Waals surface area contributed by atoms with E-state index in [2.05, 4.69) is 28.9 Å². The van der Waals surface area contributed by atoms with Crippen molar-refractivity contribution in [1.29, 1.82) is 0 Å². The molecule has 0 radical (unpaired) electrons. The van der Waals surface area contributed by atoms with Gasteiger partial charge in [-0.1, -0.05) is 19.4 Å². The topological polar surface area (TPSA) is 20.2 Å². The lowest BCUT2D eigenvalue weighted by Crippen LogP contribution is -1.91. The van der Waals surface area contributed by atoms with Gasteiger partial charge in [0.2, 0.25) is 0 Å². The summed E-state index contributed by atoms with van der Waals surface area (Å²) in [6.07, 6.45) is 2.09. The Hall–Kier alpha value is 0.01000. The maximum Gasteiger partial charge on any atom is 0.0762 e. The van der Waals surface area contributed by atoms with E-state index in [1.54, 1.807) is 6.92 Å². The molecule has 0 bridgehead atoms. The molecule has 1 N–H and O–H groups in total. The zero-order valence-corrected chi connectivity index (χ0v) is 11.6. The highest BCUT2D eigenvalue weighted by Gasteiger charge is 2.05. The Morgan fingerprint density at radius 2 is 2.20 bits per heavy atom. The Kier molecular flexibility index (Phi) is 5.72. The molecule has 1 aromatic rings. The SMILES string of the molecule is CCCCSc1ccc([C@H](C)O)cc1Br. The fourth-order valence-corrected chi connectivity index (χ4v) is 2.97. The summed E-state index contributed by atoms with van der Waals surface area (Å²) in [7, 11) is 0. The van der Waals surface area contributed by atoms with Crippen molar-refractivity contribution in [3.63, 3.8) is 0 Å². The minimum atomic E-state index is -0.393. The number of halogens is 1. The van der Waals surface area contributed by atoms with E-state index in [9.17, 15) is 5.11 Å². The Bertz CT molecular complexity index is 312. The molecule has 0 aliphatic rings. The van der Waals surface area contributed by atoms with Crippen molar-refractivity contribution in [2.75, 3.05) is 5.75 Å².